The molecule has 1 fully saturated rings. The van der Waals surface area contributed by atoms with E-state index in [9.17, 15) is 0 Å². The number of nitrogens with one attached hydrogen (secondary N) is 1. The van der Waals surface area contributed by atoms with Crippen molar-refractivity contribution in [2.45, 2.75) is 24.8 Å². The Hall–Kier alpha value is -0.550. The molecule has 0 aliphatic carbocycles. The number of hydrogen-bond acceptors (Lipinski definition) is 4. The van der Waals surface area contributed by atoms with Gasteiger partial charge in [-0.05, 0) is 18.1 Å². The van der Waals surface area contributed by atoms with Crippen LogP contribution >= 0.6 is 11.8 Å². The molecule has 20 heavy (non-hydrogen) atoms. The summed E-state index contributed by atoms with van der Waals surface area (Å²) in [7, 11) is 0. The van der Waals surface area contributed by atoms with Gasteiger partial charge in [0.15, 0.2) is 0 Å². The van der Waals surface area contributed by atoms with Gasteiger partial charge in [0.1, 0.15) is 0 Å². The van der Waals surface area contributed by atoms with Crippen molar-refractivity contribution in [2.24, 2.45) is 0 Å². The minimum absolute atomic E-state index is 0.501. The molecule has 3 rings (SSSR count). The van der Waals surface area contributed by atoms with Crippen molar-refractivity contribution in [3.8, 4) is 0 Å². The molecule has 2 aliphatic heterocycles. The number of nitrogens with zero attached hydrogens (tertiary/aromatic N) is 1. The van der Waals surface area contributed by atoms with Gasteiger partial charge < -0.3 is 10.1 Å². The Morgan fingerprint density at radius 3 is 3.00 bits per heavy atom. The zero-order valence-electron chi connectivity index (χ0n) is 12.2. The third-order valence-electron chi connectivity index (χ3n) is 4.09. The molecule has 2 heterocycles. The predicted octanol–water partition coefficient (Wildman–Crippen LogP) is 2.28. The van der Waals surface area contributed by atoms with Gasteiger partial charge >= 0.3 is 0 Å². The lowest BCUT2D eigenvalue weighted by atomic mass is 10.0. The largest absolute Gasteiger partial charge is 0.379 e. The van der Waals surface area contributed by atoms with Crippen molar-refractivity contribution >= 4 is 11.8 Å². The first-order valence-corrected chi connectivity index (χ1v) is 8.70. The normalized spacial score (nSPS) is 25.1. The number of morpholine rings is 1. The summed E-state index contributed by atoms with van der Waals surface area (Å²) >= 11 is 2.04. The summed E-state index contributed by atoms with van der Waals surface area (Å²) in [6.45, 7) is 7.33. The summed E-state index contributed by atoms with van der Waals surface area (Å²) in [5.74, 6) is 2.34. The maximum Gasteiger partial charge on any atom is 0.0594 e. The number of fused-ring (bicyclic) bond motifs is 1. The summed E-state index contributed by atoms with van der Waals surface area (Å²) in [6.07, 6.45) is 0. The van der Waals surface area contributed by atoms with E-state index in [4.69, 9.17) is 4.74 Å². The van der Waals surface area contributed by atoms with Crippen molar-refractivity contribution in [1.29, 1.82) is 0 Å². The fourth-order valence-electron chi connectivity index (χ4n) is 3.09. The van der Waals surface area contributed by atoms with Crippen molar-refractivity contribution in [3.05, 3.63) is 35.4 Å². The first-order chi connectivity index (χ1) is 9.83. The molecule has 0 saturated carbocycles. The molecule has 0 amide bonds. The number of rotatable bonds is 4. The highest BCUT2D eigenvalue weighted by molar-refractivity contribution is 7.98. The van der Waals surface area contributed by atoms with Gasteiger partial charge in [-0.1, -0.05) is 24.3 Å². The third-order valence-corrected chi connectivity index (χ3v) is 5.18. The van der Waals surface area contributed by atoms with Crippen LogP contribution in [-0.2, 0) is 10.5 Å². The van der Waals surface area contributed by atoms with Crippen LogP contribution in [0.3, 0.4) is 0 Å². The molecule has 0 bridgehead atoms. The second-order valence-corrected chi connectivity index (χ2v) is 6.78. The van der Waals surface area contributed by atoms with Crippen LogP contribution < -0.4 is 5.32 Å². The van der Waals surface area contributed by atoms with Crippen LogP contribution in [0.15, 0.2) is 24.3 Å². The van der Waals surface area contributed by atoms with Crippen LogP contribution in [-0.4, -0.2) is 49.5 Å². The molecule has 1 aromatic rings. The van der Waals surface area contributed by atoms with E-state index >= 15 is 0 Å². The topological polar surface area (TPSA) is 24.5 Å². The minimum atomic E-state index is 0.501. The molecule has 110 valence electrons. The fraction of sp³-hybridized carbons (Fsp3) is 0.625. The SMILES string of the molecule is CC(CN1CCOCC1)NC1CSCc2ccccc21. The van der Waals surface area contributed by atoms with Gasteiger partial charge in [0, 0.05) is 43.2 Å². The highest BCUT2D eigenvalue weighted by Crippen LogP contribution is 2.31. The fourth-order valence-corrected chi connectivity index (χ4v) is 4.20. The molecule has 1 N–H and O–H groups in total. The lowest BCUT2D eigenvalue weighted by Crippen LogP contribution is -2.46. The van der Waals surface area contributed by atoms with Crippen LogP contribution in [0.1, 0.15) is 24.1 Å². The van der Waals surface area contributed by atoms with Crippen molar-refractivity contribution in [2.75, 3.05) is 38.6 Å². The predicted molar refractivity (Wildman–Crippen MR) is 85.2 cm³/mol. The number of ether oxygens (including phenoxy) is 1. The zero-order valence-corrected chi connectivity index (χ0v) is 13.0. The molecule has 0 aromatic heterocycles. The molecule has 2 unspecified atom stereocenters. The second-order valence-electron chi connectivity index (χ2n) is 5.75. The number of hydrogen-bond donors (Lipinski definition) is 1. The molecule has 3 nitrogen and oxygen atoms in total. The van der Waals surface area contributed by atoms with Gasteiger partial charge in [0.05, 0.1) is 13.2 Å². The minimum Gasteiger partial charge on any atom is -0.379 e. The zero-order chi connectivity index (χ0) is 13.8. The van der Waals surface area contributed by atoms with Crippen molar-refractivity contribution in [3.63, 3.8) is 0 Å². The summed E-state index contributed by atoms with van der Waals surface area (Å²) in [6, 6.07) is 9.89. The highest BCUT2D eigenvalue weighted by Gasteiger charge is 2.22. The van der Waals surface area contributed by atoms with Crippen LogP contribution in [0.4, 0.5) is 0 Å². The molecule has 0 spiro atoms. The lowest BCUT2D eigenvalue weighted by Gasteiger charge is -2.33. The molecule has 2 aliphatic rings. The summed E-state index contributed by atoms with van der Waals surface area (Å²) in [5, 5.41) is 3.82. The molecule has 4 heteroatoms. The number of benzene rings is 1. The quantitative estimate of drug-likeness (QED) is 0.920. The van der Waals surface area contributed by atoms with Crippen molar-refractivity contribution < 1.29 is 4.74 Å². The van der Waals surface area contributed by atoms with Crippen LogP contribution in [0.25, 0.3) is 0 Å². The summed E-state index contributed by atoms with van der Waals surface area (Å²) < 4.78 is 5.41. The molecule has 1 saturated heterocycles. The van der Waals surface area contributed by atoms with E-state index in [-0.39, 0.29) is 0 Å². The van der Waals surface area contributed by atoms with Gasteiger partial charge in [-0.25, -0.2) is 0 Å². The van der Waals surface area contributed by atoms with E-state index in [2.05, 4.69) is 41.4 Å². The van der Waals surface area contributed by atoms with Crippen molar-refractivity contribution in [1.82, 2.24) is 10.2 Å². The van der Waals surface area contributed by atoms with E-state index < -0.39 is 0 Å². The Kier molecular flexibility index (Phi) is 4.99. The van der Waals surface area contributed by atoms with Gasteiger partial charge in [0.2, 0.25) is 0 Å². The Morgan fingerprint density at radius 2 is 2.15 bits per heavy atom. The average molecular weight is 292 g/mol. The van der Waals surface area contributed by atoms with Crippen LogP contribution in [0.5, 0.6) is 0 Å². The van der Waals surface area contributed by atoms with E-state index in [1.54, 1.807) is 0 Å². The Labute approximate surface area is 126 Å². The Morgan fingerprint density at radius 1 is 1.35 bits per heavy atom. The smallest absolute Gasteiger partial charge is 0.0594 e. The number of thioether (sulfide) groups is 1. The van der Waals surface area contributed by atoms with E-state index in [0.29, 0.717) is 12.1 Å². The maximum atomic E-state index is 5.41. The standard InChI is InChI=1S/C16H24N2OS/c1-13(10-18-6-8-19-9-7-18)17-16-12-20-11-14-4-2-3-5-15(14)16/h2-5,13,16-17H,6-12H2,1H3. The van der Waals surface area contributed by atoms with Gasteiger partial charge in [-0.15, -0.1) is 0 Å². The molecule has 1 aromatic carbocycles. The summed E-state index contributed by atoms with van der Waals surface area (Å²) in [5.41, 5.74) is 3.00. The third kappa shape index (κ3) is 3.55. The summed E-state index contributed by atoms with van der Waals surface area (Å²) in [4.78, 5) is 2.50. The Balaban J connectivity index is 1.57. The van der Waals surface area contributed by atoms with E-state index in [1.807, 2.05) is 11.8 Å². The first-order valence-electron chi connectivity index (χ1n) is 7.54. The maximum absolute atomic E-state index is 5.41. The lowest BCUT2D eigenvalue weighted by molar-refractivity contribution is 0.0339. The van der Waals surface area contributed by atoms with Gasteiger partial charge in [0.25, 0.3) is 0 Å². The van der Waals surface area contributed by atoms with Gasteiger partial charge in [-0.3, -0.25) is 4.90 Å². The van der Waals surface area contributed by atoms with E-state index in [0.717, 1.165) is 38.6 Å². The van der Waals surface area contributed by atoms with Crippen LogP contribution in [0, 0.1) is 0 Å². The molecular formula is C16H24N2OS. The second kappa shape index (κ2) is 6.94. The monoisotopic (exact) mass is 292 g/mol. The van der Waals surface area contributed by atoms with E-state index in [1.165, 1.54) is 16.9 Å². The first kappa shape index (κ1) is 14.4. The molecular weight excluding hydrogens is 268 g/mol. The average Bonchev–Trinajstić information content (AvgIpc) is 2.48. The van der Waals surface area contributed by atoms with Crippen LogP contribution in [0.2, 0.25) is 0 Å². The Bertz CT molecular complexity index is 434. The molecule has 0 radical (unpaired) electrons. The highest BCUT2D eigenvalue weighted by atomic mass is 32.2. The van der Waals surface area contributed by atoms with Gasteiger partial charge in [-0.2, -0.15) is 11.8 Å². The molecule has 2 atom stereocenters.